The topological polar surface area (TPSA) is 103 Å². The molecule has 2 amide bonds. The third-order valence-electron chi connectivity index (χ3n) is 4.59. The van der Waals surface area contributed by atoms with Crippen molar-refractivity contribution in [2.75, 3.05) is 11.1 Å². The fourth-order valence-corrected chi connectivity index (χ4v) is 5.98. The highest BCUT2D eigenvalue weighted by molar-refractivity contribution is 7.99. The maximum absolute atomic E-state index is 12.4. The summed E-state index contributed by atoms with van der Waals surface area (Å²) >= 11 is 4.46. The van der Waals surface area contributed by atoms with E-state index < -0.39 is 5.91 Å². The van der Waals surface area contributed by atoms with E-state index in [1.54, 1.807) is 11.3 Å². The first-order valence-electron chi connectivity index (χ1n) is 8.80. The van der Waals surface area contributed by atoms with E-state index in [4.69, 9.17) is 5.73 Å². The van der Waals surface area contributed by atoms with Gasteiger partial charge in [0, 0.05) is 23.2 Å². The van der Waals surface area contributed by atoms with Crippen LogP contribution in [0.1, 0.15) is 37.9 Å². The number of nitrogens with zero attached hydrogens (tertiary/aromatic N) is 3. The van der Waals surface area contributed by atoms with Gasteiger partial charge >= 0.3 is 0 Å². The zero-order valence-corrected chi connectivity index (χ0v) is 17.7. The van der Waals surface area contributed by atoms with E-state index in [2.05, 4.69) is 21.6 Å². The molecule has 0 saturated carbocycles. The lowest BCUT2D eigenvalue weighted by Gasteiger charge is -2.06. The summed E-state index contributed by atoms with van der Waals surface area (Å²) in [6, 6.07) is 4.07. The Balaban J connectivity index is 1.39. The lowest BCUT2D eigenvalue weighted by atomic mass is 10.1. The van der Waals surface area contributed by atoms with Gasteiger partial charge in [0.15, 0.2) is 5.16 Å². The Morgan fingerprint density at radius 2 is 2.21 bits per heavy atom. The molecule has 146 valence electrons. The van der Waals surface area contributed by atoms with Crippen molar-refractivity contribution in [3.8, 4) is 0 Å². The molecule has 0 saturated heterocycles. The first-order valence-corrected chi connectivity index (χ1v) is 11.5. The Morgan fingerprint density at radius 1 is 1.36 bits per heavy atom. The number of thiophene rings is 2. The van der Waals surface area contributed by atoms with Crippen molar-refractivity contribution >= 4 is 51.3 Å². The van der Waals surface area contributed by atoms with Crippen LogP contribution in [0.25, 0.3) is 0 Å². The van der Waals surface area contributed by atoms with E-state index in [9.17, 15) is 9.59 Å². The third kappa shape index (κ3) is 3.85. The highest BCUT2D eigenvalue weighted by Gasteiger charge is 2.26. The fourth-order valence-electron chi connectivity index (χ4n) is 3.24. The molecule has 3 heterocycles. The van der Waals surface area contributed by atoms with Crippen LogP contribution in [0, 0.1) is 0 Å². The second kappa shape index (κ2) is 8.06. The quantitative estimate of drug-likeness (QED) is 0.558. The number of amides is 2. The molecule has 4 rings (SSSR count). The number of aryl methyl sites for hydroxylation is 1. The first kappa shape index (κ1) is 19.2. The van der Waals surface area contributed by atoms with Gasteiger partial charge in [-0.2, -0.15) is 0 Å². The summed E-state index contributed by atoms with van der Waals surface area (Å²) < 4.78 is 1.91. The van der Waals surface area contributed by atoms with Crippen LogP contribution in [0.4, 0.5) is 5.00 Å². The molecule has 3 N–H and O–H groups in total. The molecule has 0 atom stereocenters. The van der Waals surface area contributed by atoms with Gasteiger partial charge in [-0.3, -0.25) is 9.59 Å². The maximum Gasteiger partial charge on any atom is 0.251 e. The molecular formula is C18H19N5O2S3. The molecule has 10 heteroatoms. The summed E-state index contributed by atoms with van der Waals surface area (Å²) in [4.78, 5) is 26.6. The highest BCUT2D eigenvalue weighted by Crippen LogP contribution is 2.38. The highest BCUT2D eigenvalue weighted by atomic mass is 32.2. The first-order chi connectivity index (χ1) is 13.5. The summed E-state index contributed by atoms with van der Waals surface area (Å²) in [5.41, 5.74) is 7.03. The fraction of sp³-hybridized carbons (Fsp3) is 0.333. The van der Waals surface area contributed by atoms with E-state index in [1.165, 1.54) is 28.0 Å². The minimum absolute atomic E-state index is 0.185. The predicted octanol–water partition coefficient (Wildman–Crippen LogP) is 2.85. The molecule has 0 aromatic carbocycles. The van der Waals surface area contributed by atoms with E-state index in [0.29, 0.717) is 15.7 Å². The molecule has 7 nitrogen and oxygen atoms in total. The normalized spacial score (nSPS) is 12.9. The number of hydrogen-bond acceptors (Lipinski definition) is 7. The van der Waals surface area contributed by atoms with Gasteiger partial charge in [0.25, 0.3) is 5.91 Å². The number of anilines is 1. The van der Waals surface area contributed by atoms with Gasteiger partial charge in [-0.25, -0.2) is 0 Å². The number of nitrogens with two attached hydrogens (primary N) is 1. The summed E-state index contributed by atoms with van der Waals surface area (Å²) in [5, 5.41) is 14.6. The predicted molar refractivity (Wildman–Crippen MR) is 112 cm³/mol. The molecular weight excluding hydrogens is 414 g/mol. The number of hydrogen-bond donors (Lipinski definition) is 2. The van der Waals surface area contributed by atoms with E-state index in [1.807, 2.05) is 23.1 Å². The van der Waals surface area contributed by atoms with Crippen molar-refractivity contribution in [3.63, 3.8) is 0 Å². The largest absolute Gasteiger partial charge is 0.365 e. The van der Waals surface area contributed by atoms with Gasteiger partial charge in [0.2, 0.25) is 5.91 Å². The Hall–Kier alpha value is -2.17. The average Bonchev–Trinajstić information content (AvgIpc) is 3.40. The van der Waals surface area contributed by atoms with Crippen molar-refractivity contribution in [2.24, 2.45) is 12.8 Å². The molecule has 0 fully saturated rings. The number of aromatic nitrogens is 3. The number of nitrogens with one attached hydrogen (secondary N) is 1. The third-order valence-corrected chi connectivity index (χ3v) is 7.69. The zero-order chi connectivity index (χ0) is 19.7. The van der Waals surface area contributed by atoms with Crippen molar-refractivity contribution < 1.29 is 9.59 Å². The molecule has 0 spiro atoms. The lowest BCUT2D eigenvalue weighted by molar-refractivity contribution is -0.113. The molecule has 28 heavy (non-hydrogen) atoms. The Kier molecular flexibility index (Phi) is 5.51. The average molecular weight is 434 g/mol. The second-order valence-corrected chi connectivity index (χ2v) is 9.56. The van der Waals surface area contributed by atoms with Crippen LogP contribution in [0.5, 0.6) is 0 Å². The van der Waals surface area contributed by atoms with Crippen LogP contribution in [-0.2, 0) is 31.1 Å². The molecule has 0 unspecified atom stereocenters. The van der Waals surface area contributed by atoms with Crippen molar-refractivity contribution in [1.29, 1.82) is 0 Å². The molecule has 1 aliphatic carbocycles. The van der Waals surface area contributed by atoms with Gasteiger partial charge in [0.1, 0.15) is 10.8 Å². The number of fused-ring (bicyclic) bond motifs is 1. The molecule has 0 aliphatic heterocycles. The lowest BCUT2D eigenvalue weighted by Crippen LogP contribution is -2.19. The van der Waals surface area contributed by atoms with Gasteiger partial charge in [-0.15, -0.1) is 32.9 Å². The van der Waals surface area contributed by atoms with E-state index in [-0.39, 0.29) is 11.7 Å². The molecule has 0 radical (unpaired) electrons. The Bertz CT molecular complexity index is 1020. The van der Waals surface area contributed by atoms with Crippen molar-refractivity contribution in [1.82, 2.24) is 14.8 Å². The molecule has 0 bridgehead atoms. The minimum atomic E-state index is -0.478. The van der Waals surface area contributed by atoms with E-state index >= 15 is 0 Å². The van der Waals surface area contributed by atoms with Crippen LogP contribution in [0.2, 0.25) is 0 Å². The van der Waals surface area contributed by atoms with Crippen LogP contribution in [0.3, 0.4) is 0 Å². The molecule has 1 aliphatic rings. The second-order valence-electron chi connectivity index (χ2n) is 6.48. The molecule has 3 aromatic rings. The van der Waals surface area contributed by atoms with Gasteiger partial charge in [-0.1, -0.05) is 17.8 Å². The van der Waals surface area contributed by atoms with Gasteiger partial charge in [-0.05, 0) is 36.3 Å². The Morgan fingerprint density at radius 3 is 2.96 bits per heavy atom. The van der Waals surface area contributed by atoms with E-state index in [0.717, 1.165) is 41.9 Å². The van der Waals surface area contributed by atoms with Crippen molar-refractivity contribution in [2.45, 2.75) is 30.8 Å². The maximum atomic E-state index is 12.4. The zero-order valence-electron chi connectivity index (χ0n) is 15.2. The van der Waals surface area contributed by atoms with Crippen LogP contribution in [-0.4, -0.2) is 32.3 Å². The monoisotopic (exact) mass is 433 g/mol. The number of thioether (sulfide) groups is 1. The number of rotatable bonds is 7. The smallest absolute Gasteiger partial charge is 0.251 e. The molecule has 3 aromatic heterocycles. The Labute approximate surface area is 174 Å². The summed E-state index contributed by atoms with van der Waals surface area (Å²) in [5.74, 6) is 0.381. The minimum Gasteiger partial charge on any atom is -0.365 e. The summed E-state index contributed by atoms with van der Waals surface area (Å²) in [6.45, 7) is 0. The number of carbonyl (C=O) groups excluding carboxylic acids is 2. The van der Waals surface area contributed by atoms with Gasteiger partial charge in [0.05, 0.1) is 11.3 Å². The van der Waals surface area contributed by atoms with Crippen molar-refractivity contribution in [3.05, 3.63) is 44.2 Å². The summed E-state index contributed by atoms with van der Waals surface area (Å²) in [7, 11) is 1.90. The summed E-state index contributed by atoms with van der Waals surface area (Å²) in [6.07, 6.45) is 3.54. The SMILES string of the molecule is Cn1c(Cc2cccs2)nnc1SCC(=O)Nc1sc2c(c1C(N)=O)CCC2. The van der Waals surface area contributed by atoms with Gasteiger partial charge < -0.3 is 15.6 Å². The standard InChI is InChI=1S/C18H19N5O2S3/c1-23-13(8-10-4-3-7-26-10)21-22-18(23)27-9-14(24)20-17-15(16(19)25)11-5-2-6-12(11)28-17/h3-4,7H,2,5-6,8-9H2,1H3,(H2,19,25)(H,20,24). The number of carbonyl (C=O) groups is 2. The van der Waals surface area contributed by atoms with Crippen LogP contribution >= 0.6 is 34.4 Å². The van der Waals surface area contributed by atoms with Crippen LogP contribution in [0.15, 0.2) is 22.7 Å². The number of primary amides is 1. The van der Waals surface area contributed by atoms with Crippen LogP contribution < -0.4 is 11.1 Å².